The highest BCUT2D eigenvalue weighted by Crippen LogP contribution is 2.40. The van der Waals surface area contributed by atoms with E-state index in [1.165, 1.54) is 6.20 Å². The molecule has 3 heterocycles. The van der Waals surface area contributed by atoms with Gasteiger partial charge in [0.2, 0.25) is 0 Å². The van der Waals surface area contributed by atoms with E-state index in [0.29, 0.717) is 42.3 Å². The van der Waals surface area contributed by atoms with Gasteiger partial charge in [0.15, 0.2) is 0 Å². The van der Waals surface area contributed by atoms with Crippen molar-refractivity contribution in [3.05, 3.63) is 76.5 Å². The van der Waals surface area contributed by atoms with E-state index in [9.17, 15) is 9.59 Å². The van der Waals surface area contributed by atoms with Crippen LogP contribution in [0.25, 0.3) is 5.69 Å². The minimum Gasteiger partial charge on any atom is -0.497 e. The number of likely N-dealkylation sites (tertiary alicyclic amines) is 1. The molecule has 1 unspecified atom stereocenters. The lowest BCUT2D eigenvalue weighted by atomic mass is 9.92. The van der Waals surface area contributed by atoms with Crippen LogP contribution >= 0.6 is 23.2 Å². The van der Waals surface area contributed by atoms with Gasteiger partial charge in [-0.25, -0.2) is 19.3 Å². The molecule has 0 bridgehead atoms. The van der Waals surface area contributed by atoms with Crippen LogP contribution in [0.15, 0.2) is 60.8 Å². The highest BCUT2D eigenvalue weighted by molar-refractivity contribution is 6.45. The number of halogens is 2. The van der Waals surface area contributed by atoms with Crippen LogP contribution in [0, 0.1) is 0 Å². The predicted octanol–water partition coefficient (Wildman–Crippen LogP) is 7.48. The Bertz CT molecular complexity index is 1750. The average molecular weight is 682 g/mol. The quantitative estimate of drug-likeness (QED) is 0.176. The Hall–Kier alpha value is -4.52. The van der Waals surface area contributed by atoms with E-state index < -0.39 is 6.03 Å². The number of nitrogens with zero attached hydrogens (tertiary/aromatic N) is 5. The van der Waals surface area contributed by atoms with E-state index >= 15 is 0 Å². The van der Waals surface area contributed by atoms with Crippen molar-refractivity contribution in [1.29, 1.82) is 0 Å². The number of pyridine rings is 1. The fraction of sp³-hybridized carbons (Fsp3) is 0.333. The molecule has 4 aromatic rings. The largest absolute Gasteiger partial charge is 0.497 e. The van der Waals surface area contributed by atoms with E-state index in [1.807, 2.05) is 65.2 Å². The molecular weight excluding hydrogens is 643 g/mol. The van der Waals surface area contributed by atoms with Crippen molar-refractivity contribution in [2.45, 2.75) is 38.6 Å². The summed E-state index contributed by atoms with van der Waals surface area (Å²) in [7, 11) is 5.61. The normalized spacial score (nSPS) is 14.7. The van der Waals surface area contributed by atoms with Gasteiger partial charge >= 0.3 is 12.1 Å². The van der Waals surface area contributed by atoms with E-state index in [2.05, 4.69) is 25.8 Å². The lowest BCUT2D eigenvalue weighted by Crippen LogP contribution is -2.36. The van der Waals surface area contributed by atoms with Crippen LogP contribution < -0.4 is 25.4 Å². The van der Waals surface area contributed by atoms with Crippen molar-refractivity contribution in [2.24, 2.45) is 0 Å². The lowest BCUT2D eigenvalue weighted by molar-refractivity contribution is 0.216. The van der Waals surface area contributed by atoms with Gasteiger partial charge in [-0.05, 0) is 63.0 Å². The van der Waals surface area contributed by atoms with E-state index in [0.717, 1.165) is 17.8 Å². The third-order valence-electron chi connectivity index (χ3n) is 7.71. The van der Waals surface area contributed by atoms with Gasteiger partial charge in [0, 0.05) is 42.9 Å². The summed E-state index contributed by atoms with van der Waals surface area (Å²) in [5, 5.41) is 13.4. The van der Waals surface area contributed by atoms with Crippen molar-refractivity contribution in [2.75, 3.05) is 50.2 Å². The van der Waals surface area contributed by atoms with Crippen LogP contribution in [0.3, 0.4) is 0 Å². The topological polar surface area (TPSA) is 126 Å². The zero-order valence-corrected chi connectivity index (χ0v) is 28.6. The van der Waals surface area contributed by atoms with Gasteiger partial charge in [-0.1, -0.05) is 44.0 Å². The molecule has 2 aromatic carbocycles. The number of rotatable bonds is 8. The number of nitrogens with one attached hydrogen (secondary N) is 3. The smallest absolute Gasteiger partial charge is 0.324 e. The van der Waals surface area contributed by atoms with Crippen molar-refractivity contribution in [1.82, 2.24) is 24.6 Å². The number of hydrogen-bond acceptors (Lipinski definition) is 7. The van der Waals surface area contributed by atoms with Gasteiger partial charge in [-0.15, -0.1) is 0 Å². The number of aromatic nitrogens is 3. The zero-order chi connectivity index (χ0) is 33.9. The van der Waals surface area contributed by atoms with Gasteiger partial charge in [-0.2, -0.15) is 5.10 Å². The SMILES string of the molecule is COc1ccc(-n2nc(C(C)(C)C)cc2NC(=O)Nc2ccc(Oc3ccnc(NC(=O)N4CCC(N(C)C)C4)c3)c(Cl)c2Cl)cc1. The number of carbonyl (C=O) groups excluding carboxylic acids is 2. The molecule has 4 amide bonds. The second-order valence-corrected chi connectivity index (χ2v) is 13.1. The number of anilines is 3. The van der Waals surface area contributed by atoms with E-state index in [1.54, 1.807) is 41.0 Å². The van der Waals surface area contributed by atoms with Crippen LogP contribution in [0.1, 0.15) is 32.9 Å². The van der Waals surface area contributed by atoms with Crippen molar-refractivity contribution in [3.8, 4) is 22.9 Å². The molecule has 2 aromatic heterocycles. The van der Waals surface area contributed by atoms with E-state index in [-0.39, 0.29) is 32.9 Å². The molecule has 0 saturated carbocycles. The molecule has 1 fully saturated rings. The summed E-state index contributed by atoms with van der Waals surface area (Å²) in [6.07, 6.45) is 2.43. The number of carbonyl (C=O) groups is 2. The fourth-order valence-electron chi connectivity index (χ4n) is 4.94. The first kappa shape index (κ1) is 33.8. The first-order chi connectivity index (χ1) is 22.3. The maximum Gasteiger partial charge on any atom is 0.324 e. The molecular formula is C33H38Cl2N8O4. The monoisotopic (exact) mass is 680 g/mol. The number of methoxy groups -OCH3 is 1. The third-order valence-corrected chi connectivity index (χ3v) is 8.57. The Labute approximate surface area is 283 Å². The number of ether oxygens (including phenoxy) is 2. The van der Waals surface area contributed by atoms with Gasteiger partial charge in [-0.3, -0.25) is 10.6 Å². The molecule has 1 atom stereocenters. The Balaban J connectivity index is 1.26. The lowest BCUT2D eigenvalue weighted by Gasteiger charge is -2.20. The van der Waals surface area contributed by atoms with Crippen molar-refractivity contribution in [3.63, 3.8) is 0 Å². The molecule has 12 nitrogen and oxygen atoms in total. The van der Waals surface area contributed by atoms with E-state index in [4.69, 9.17) is 37.8 Å². The molecule has 14 heteroatoms. The minimum absolute atomic E-state index is 0.0884. The summed E-state index contributed by atoms with van der Waals surface area (Å²) in [5.41, 5.74) is 1.55. The highest BCUT2D eigenvalue weighted by Gasteiger charge is 2.28. The van der Waals surface area contributed by atoms with Crippen molar-refractivity contribution >= 4 is 52.6 Å². The first-order valence-corrected chi connectivity index (χ1v) is 15.7. The molecule has 0 spiro atoms. The molecule has 5 rings (SSSR count). The Kier molecular flexibility index (Phi) is 10.1. The maximum atomic E-state index is 13.2. The third kappa shape index (κ3) is 8.07. The second-order valence-electron chi connectivity index (χ2n) is 12.4. The van der Waals surface area contributed by atoms with Crippen LogP contribution in [0.4, 0.5) is 26.9 Å². The number of likely N-dealkylation sites (N-methyl/N-ethyl adjacent to an activating group) is 1. The predicted molar refractivity (Wildman–Crippen MR) is 185 cm³/mol. The number of hydrogen-bond donors (Lipinski definition) is 3. The summed E-state index contributed by atoms with van der Waals surface area (Å²) >= 11 is 13.2. The fourth-order valence-corrected chi connectivity index (χ4v) is 5.35. The molecule has 1 aliphatic rings. The summed E-state index contributed by atoms with van der Waals surface area (Å²) in [4.78, 5) is 34.1. The maximum absolute atomic E-state index is 13.2. The minimum atomic E-state index is -0.545. The number of amides is 4. The Morgan fingerprint density at radius 2 is 1.70 bits per heavy atom. The summed E-state index contributed by atoms with van der Waals surface area (Å²) in [6.45, 7) is 7.44. The van der Waals surface area contributed by atoms with Gasteiger partial charge in [0.05, 0.1) is 29.2 Å². The van der Waals surface area contributed by atoms with Crippen LogP contribution in [0.2, 0.25) is 10.0 Å². The van der Waals surface area contributed by atoms with Crippen molar-refractivity contribution < 1.29 is 19.1 Å². The zero-order valence-electron chi connectivity index (χ0n) is 27.1. The average Bonchev–Trinajstić information content (AvgIpc) is 3.70. The summed E-state index contributed by atoms with van der Waals surface area (Å²) in [5.74, 6) is 2.15. The standard InChI is InChI=1S/C33H38Cl2N8O4/c1-33(2,3)26-18-28(43(40-26)20-7-9-22(46-6)10-8-20)39-31(44)37-24-11-12-25(30(35)29(24)34)47-23-13-15-36-27(17-23)38-32(45)42-16-14-21(19-42)41(4)5/h7-13,15,17-18,21H,14,16,19H2,1-6H3,(H,36,38,45)(H2,37,39,44). The molecule has 3 N–H and O–H groups in total. The van der Waals surface area contributed by atoms with Crippen LogP contribution in [0.5, 0.6) is 17.2 Å². The molecule has 0 aliphatic carbocycles. The van der Waals surface area contributed by atoms with Gasteiger partial charge in [0.1, 0.15) is 33.9 Å². The summed E-state index contributed by atoms with van der Waals surface area (Å²) < 4.78 is 12.9. The second kappa shape index (κ2) is 14.1. The van der Waals surface area contributed by atoms with Crippen LogP contribution in [-0.4, -0.2) is 77.0 Å². The Morgan fingerprint density at radius 1 is 0.957 bits per heavy atom. The van der Waals surface area contributed by atoms with Crippen LogP contribution in [-0.2, 0) is 5.41 Å². The molecule has 248 valence electrons. The molecule has 47 heavy (non-hydrogen) atoms. The molecule has 1 saturated heterocycles. The Morgan fingerprint density at radius 3 is 2.36 bits per heavy atom. The molecule has 1 aliphatic heterocycles. The number of benzene rings is 2. The number of urea groups is 2. The summed E-state index contributed by atoms with van der Waals surface area (Å²) in [6, 6.07) is 15.1. The first-order valence-electron chi connectivity index (χ1n) is 15.0. The van der Waals surface area contributed by atoms with Gasteiger partial charge in [0.25, 0.3) is 0 Å². The highest BCUT2D eigenvalue weighted by atomic mass is 35.5. The molecule has 0 radical (unpaired) electrons. The van der Waals surface area contributed by atoms with Gasteiger partial charge < -0.3 is 24.6 Å².